The summed E-state index contributed by atoms with van der Waals surface area (Å²) in [5.74, 6) is 2.02. The lowest BCUT2D eigenvalue weighted by molar-refractivity contribution is 0.0778. The fraction of sp³-hybridized carbons (Fsp3) is 0.941. The number of halogens is 1. The Morgan fingerprint density at radius 3 is 2.59 bits per heavy atom. The summed E-state index contributed by atoms with van der Waals surface area (Å²) in [6, 6.07) is 0. The average molecular weight is 423 g/mol. The van der Waals surface area contributed by atoms with Crippen LogP contribution in [0.4, 0.5) is 0 Å². The second kappa shape index (κ2) is 10.7. The number of hydrogen-bond donors (Lipinski definition) is 2. The molecule has 22 heavy (non-hydrogen) atoms. The maximum absolute atomic E-state index is 5.26. The lowest BCUT2D eigenvalue weighted by Gasteiger charge is -2.40. The Labute approximate surface area is 153 Å². The normalized spacial score (nSPS) is 20.0. The summed E-state index contributed by atoms with van der Waals surface area (Å²) >= 11 is 0. The molecule has 0 aromatic heterocycles. The molecule has 0 atom stereocenters. The molecule has 0 radical (unpaired) electrons. The SMILES string of the molecule is CCNC(=NCC1(CCOC)CCC1)NCCCC1CC1.I. The number of hydrogen-bond acceptors (Lipinski definition) is 2. The summed E-state index contributed by atoms with van der Waals surface area (Å²) < 4.78 is 5.26. The Bertz CT molecular complexity index is 328. The van der Waals surface area contributed by atoms with E-state index < -0.39 is 0 Å². The van der Waals surface area contributed by atoms with Gasteiger partial charge < -0.3 is 15.4 Å². The highest BCUT2D eigenvalue weighted by Crippen LogP contribution is 2.44. The third-order valence-corrected chi connectivity index (χ3v) is 4.95. The number of rotatable bonds is 10. The van der Waals surface area contributed by atoms with Crippen LogP contribution in [0.2, 0.25) is 0 Å². The summed E-state index contributed by atoms with van der Waals surface area (Å²) in [5.41, 5.74) is 0.409. The minimum absolute atomic E-state index is 0. The van der Waals surface area contributed by atoms with Gasteiger partial charge in [-0.15, -0.1) is 24.0 Å². The molecule has 2 fully saturated rings. The first kappa shape index (κ1) is 20.0. The van der Waals surface area contributed by atoms with Crippen LogP contribution in [0.25, 0.3) is 0 Å². The Balaban J connectivity index is 0.00000242. The molecule has 0 spiro atoms. The van der Waals surface area contributed by atoms with Gasteiger partial charge in [-0.1, -0.05) is 19.3 Å². The minimum Gasteiger partial charge on any atom is -0.385 e. The van der Waals surface area contributed by atoms with Crippen molar-refractivity contribution in [2.45, 2.75) is 58.3 Å². The van der Waals surface area contributed by atoms with Gasteiger partial charge >= 0.3 is 0 Å². The van der Waals surface area contributed by atoms with E-state index in [-0.39, 0.29) is 24.0 Å². The lowest BCUT2D eigenvalue weighted by atomic mass is 9.67. The van der Waals surface area contributed by atoms with Gasteiger partial charge in [0.15, 0.2) is 5.96 Å². The molecule has 0 saturated heterocycles. The molecule has 0 heterocycles. The molecule has 4 nitrogen and oxygen atoms in total. The van der Waals surface area contributed by atoms with Crippen molar-refractivity contribution in [1.82, 2.24) is 10.6 Å². The maximum Gasteiger partial charge on any atom is 0.191 e. The zero-order chi connectivity index (χ0) is 15.0. The topological polar surface area (TPSA) is 45.7 Å². The van der Waals surface area contributed by atoms with E-state index in [1.807, 2.05) is 0 Å². The van der Waals surface area contributed by atoms with Crippen LogP contribution in [0.1, 0.15) is 58.3 Å². The standard InChI is InChI=1S/C17H33N3O.HI/c1-3-18-16(19-12-4-6-15-7-8-15)20-14-17(9-5-10-17)11-13-21-2;/h15H,3-14H2,1-2H3,(H2,18,19,20);1H. The third kappa shape index (κ3) is 7.02. The number of ether oxygens (including phenoxy) is 1. The molecule has 0 amide bonds. The van der Waals surface area contributed by atoms with Crippen molar-refractivity contribution < 1.29 is 4.74 Å². The van der Waals surface area contributed by atoms with Crippen LogP contribution in [-0.2, 0) is 4.74 Å². The zero-order valence-electron chi connectivity index (χ0n) is 14.3. The quantitative estimate of drug-likeness (QED) is 0.245. The number of nitrogens with zero attached hydrogens (tertiary/aromatic N) is 1. The van der Waals surface area contributed by atoms with Gasteiger partial charge in [0.2, 0.25) is 0 Å². The van der Waals surface area contributed by atoms with Crippen molar-refractivity contribution in [3.05, 3.63) is 0 Å². The second-order valence-corrected chi connectivity index (χ2v) is 6.80. The number of aliphatic imine (C=N–C) groups is 1. The molecular weight excluding hydrogens is 389 g/mol. The first-order valence-electron chi connectivity index (χ1n) is 8.79. The smallest absolute Gasteiger partial charge is 0.191 e. The van der Waals surface area contributed by atoms with Crippen LogP contribution in [0, 0.1) is 11.3 Å². The van der Waals surface area contributed by atoms with Crippen LogP contribution in [0.5, 0.6) is 0 Å². The molecule has 0 aromatic carbocycles. The van der Waals surface area contributed by atoms with E-state index in [4.69, 9.17) is 9.73 Å². The fourth-order valence-electron chi connectivity index (χ4n) is 3.08. The van der Waals surface area contributed by atoms with E-state index >= 15 is 0 Å². The van der Waals surface area contributed by atoms with Crippen molar-refractivity contribution >= 4 is 29.9 Å². The van der Waals surface area contributed by atoms with E-state index in [0.29, 0.717) is 5.41 Å². The number of guanidine groups is 1. The van der Waals surface area contributed by atoms with Gasteiger partial charge in [-0.25, -0.2) is 0 Å². The van der Waals surface area contributed by atoms with Gasteiger partial charge in [0, 0.05) is 33.4 Å². The van der Waals surface area contributed by atoms with Gasteiger partial charge in [0.1, 0.15) is 0 Å². The summed E-state index contributed by atoms with van der Waals surface area (Å²) in [6.07, 6.45) is 10.7. The van der Waals surface area contributed by atoms with Crippen molar-refractivity contribution in [3.8, 4) is 0 Å². The van der Waals surface area contributed by atoms with Crippen LogP contribution >= 0.6 is 24.0 Å². The first-order chi connectivity index (χ1) is 10.3. The number of nitrogens with one attached hydrogen (secondary N) is 2. The van der Waals surface area contributed by atoms with Crippen molar-refractivity contribution in [1.29, 1.82) is 0 Å². The molecule has 2 aliphatic carbocycles. The van der Waals surface area contributed by atoms with Crippen molar-refractivity contribution in [2.75, 3.05) is 33.4 Å². The Kier molecular flexibility index (Phi) is 9.71. The van der Waals surface area contributed by atoms with Crippen LogP contribution < -0.4 is 10.6 Å². The predicted molar refractivity (Wildman–Crippen MR) is 104 cm³/mol. The minimum atomic E-state index is 0. The predicted octanol–water partition coefficient (Wildman–Crippen LogP) is 3.56. The Morgan fingerprint density at radius 2 is 2.05 bits per heavy atom. The molecule has 2 aliphatic rings. The summed E-state index contributed by atoms with van der Waals surface area (Å²) in [5, 5.41) is 6.86. The van der Waals surface area contributed by atoms with E-state index in [2.05, 4.69) is 17.6 Å². The van der Waals surface area contributed by atoms with Crippen molar-refractivity contribution in [3.63, 3.8) is 0 Å². The van der Waals surface area contributed by atoms with E-state index in [0.717, 1.165) is 44.5 Å². The average Bonchev–Trinajstić information content (AvgIpc) is 3.26. The largest absolute Gasteiger partial charge is 0.385 e. The van der Waals surface area contributed by atoms with Crippen LogP contribution in [0.15, 0.2) is 4.99 Å². The highest BCUT2D eigenvalue weighted by Gasteiger charge is 2.36. The molecule has 5 heteroatoms. The molecule has 0 bridgehead atoms. The monoisotopic (exact) mass is 423 g/mol. The second-order valence-electron chi connectivity index (χ2n) is 6.80. The summed E-state index contributed by atoms with van der Waals surface area (Å²) in [4.78, 5) is 4.83. The highest BCUT2D eigenvalue weighted by molar-refractivity contribution is 14.0. The Hall–Kier alpha value is -0.0400. The molecule has 0 aliphatic heterocycles. The highest BCUT2D eigenvalue weighted by atomic mass is 127. The van der Waals surface area contributed by atoms with Gasteiger partial charge in [0.25, 0.3) is 0 Å². The summed E-state index contributed by atoms with van der Waals surface area (Å²) in [6.45, 7) is 5.91. The van der Waals surface area contributed by atoms with Crippen LogP contribution in [-0.4, -0.2) is 39.3 Å². The lowest BCUT2D eigenvalue weighted by Crippen LogP contribution is -2.40. The molecule has 0 unspecified atom stereocenters. The van der Waals surface area contributed by atoms with Crippen LogP contribution in [0.3, 0.4) is 0 Å². The molecule has 2 N–H and O–H groups in total. The van der Waals surface area contributed by atoms with Crippen molar-refractivity contribution in [2.24, 2.45) is 16.3 Å². The molecule has 2 saturated carbocycles. The molecule has 130 valence electrons. The molecule has 0 aromatic rings. The van der Waals surface area contributed by atoms with Gasteiger partial charge in [-0.05, 0) is 50.4 Å². The van der Waals surface area contributed by atoms with Gasteiger partial charge in [-0.3, -0.25) is 4.99 Å². The zero-order valence-corrected chi connectivity index (χ0v) is 16.7. The molecular formula is C17H34IN3O. The van der Waals surface area contributed by atoms with E-state index in [1.165, 1.54) is 44.9 Å². The Morgan fingerprint density at radius 1 is 1.27 bits per heavy atom. The third-order valence-electron chi connectivity index (χ3n) is 4.95. The maximum atomic E-state index is 5.26. The molecule has 2 rings (SSSR count). The number of methoxy groups -OCH3 is 1. The first-order valence-corrected chi connectivity index (χ1v) is 8.79. The summed E-state index contributed by atoms with van der Waals surface area (Å²) in [7, 11) is 1.79. The van der Waals surface area contributed by atoms with Gasteiger partial charge in [0.05, 0.1) is 0 Å². The van der Waals surface area contributed by atoms with E-state index in [9.17, 15) is 0 Å². The van der Waals surface area contributed by atoms with Gasteiger partial charge in [-0.2, -0.15) is 0 Å². The fourth-order valence-corrected chi connectivity index (χ4v) is 3.08. The van der Waals surface area contributed by atoms with E-state index in [1.54, 1.807) is 7.11 Å².